The minimum Gasteiger partial charge on any atom is -0.477 e. The number of alkyl halides is 1. The van der Waals surface area contributed by atoms with Crippen molar-refractivity contribution in [2.45, 2.75) is 75.9 Å². The number of benzene rings is 1. The number of carbonyl (C=O) groups is 3. The maximum Gasteiger partial charge on any atom is 0.352 e. The quantitative estimate of drug-likeness (QED) is 0.403. The van der Waals surface area contributed by atoms with Crippen molar-refractivity contribution in [2.24, 2.45) is 17.6 Å². The van der Waals surface area contributed by atoms with Gasteiger partial charge in [-0.2, -0.15) is 0 Å². The number of nitrogens with zero attached hydrogens (tertiary/aromatic N) is 2. The van der Waals surface area contributed by atoms with Crippen LogP contribution >= 0.6 is 0 Å². The van der Waals surface area contributed by atoms with Crippen molar-refractivity contribution >= 4 is 34.4 Å². The van der Waals surface area contributed by atoms with Gasteiger partial charge in [0.25, 0.3) is 0 Å². The summed E-state index contributed by atoms with van der Waals surface area (Å²) in [4.78, 5) is 46.0. The summed E-state index contributed by atoms with van der Waals surface area (Å²) in [5, 5.41) is 13.0. The number of halogens is 1. The molecule has 2 aromatic rings. The summed E-state index contributed by atoms with van der Waals surface area (Å²) in [6, 6.07) is 6.03. The molecule has 2 saturated heterocycles. The van der Waals surface area contributed by atoms with E-state index in [1.54, 1.807) is 29.2 Å². The number of aromatic amines is 1. The summed E-state index contributed by atoms with van der Waals surface area (Å²) in [7, 11) is 0. The average Bonchev–Trinajstić information content (AvgIpc) is 3.58. The van der Waals surface area contributed by atoms with E-state index >= 15 is 0 Å². The van der Waals surface area contributed by atoms with Crippen LogP contribution in [0, 0.1) is 11.8 Å². The summed E-state index contributed by atoms with van der Waals surface area (Å²) >= 11 is 0. The van der Waals surface area contributed by atoms with Crippen LogP contribution in [0.25, 0.3) is 10.9 Å². The molecule has 1 saturated carbocycles. The highest BCUT2D eigenvalue weighted by Crippen LogP contribution is 2.35. The highest BCUT2D eigenvalue weighted by atomic mass is 19.1. The van der Waals surface area contributed by atoms with Gasteiger partial charge in [0.1, 0.15) is 11.7 Å². The lowest BCUT2D eigenvalue weighted by molar-refractivity contribution is -0.142. The Kier molecular flexibility index (Phi) is 8.52. The molecule has 1 aromatic heterocycles. The third-order valence-corrected chi connectivity index (χ3v) is 9.07. The Hall–Kier alpha value is -2.98. The third-order valence-electron chi connectivity index (χ3n) is 9.07. The molecule has 1 aromatic carbocycles. The summed E-state index contributed by atoms with van der Waals surface area (Å²) in [5.41, 5.74) is 7.50. The van der Waals surface area contributed by atoms with Gasteiger partial charge in [-0.15, -0.1) is 0 Å². The molecule has 39 heavy (non-hydrogen) atoms. The van der Waals surface area contributed by atoms with Crippen molar-refractivity contribution < 1.29 is 23.9 Å². The fourth-order valence-corrected chi connectivity index (χ4v) is 6.90. The maximum atomic E-state index is 13.8. The van der Waals surface area contributed by atoms with E-state index in [-0.39, 0.29) is 41.4 Å². The van der Waals surface area contributed by atoms with Gasteiger partial charge in [0.05, 0.1) is 6.67 Å². The average molecular weight is 542 g/mol. The van der Waals surface area contributed by atoms with Gasteiger partial charge >= 0.3 is 5.97 Å². The number of fused-ring (bicyclic) bond motifs is 1. The number of rotatable bonds is 8. The molecule has 9 nitrogen and oxygen atoms in total. The largest absolute Gasteiger partial charge is 0.477 e. The number of nitrogens with two attached hydrogens (primary N) is 1. The fraction of sp³-hybridized carbons (Fsp3) is 0.621. The number of piperidine rings is 1. The monoisotopic (exact) mass is 541 g/mol. The van der Waals surface area contributed by atoms with E-state index in [0.717, 1.165) is 58.0 Å². The van der Waals surface area contributed by atoms with Crippen molar-refractivity contribution in [1.82, 2.24) is 14.8 Å². The second kappa shape index (κ2) is 12.0. The minimum absolute atomic E-state index is 0.0295. The molecular weight excluding hydrogens is 501 g/mol. The van der Waals surface area contributed by atoms with E-state index in [1.165, 1.54) is 6.42 Å². The number of hydrogen-bond acceptors (Lipinski definition) is 5. The lowest BCUT2D eigenvalue weighted by Gasteiger charge is -2.38. The normalized spacial score (nSPS) is 27.0. The van der Waals surface area contributed by atoms with E-state index in [4.69, 9.17) is 5.73 Å². The first-order valence-corrected chi connectivity index (χ1v) is 14.4. The molecule has 10 heteroatoms. The molecule has 5 N–H and O–H groups in total. The molecule has 212 valence electrons. The number of anilines is 1. The highest BCUT2D eigenvalue weighted by Gasteiger charge is 2.46. The molecule has 3 fully saturated rings. The second-order valence-electron chi connectivity index (χ2n) is 11.5. The van der Waals surface area contributed by atoms with Crippen molar-refractivity contribution in [1.29, 1.82) is 0 Å². The molecular formula is C29H40FN5O4. The van der Waals surface area contributed by atoms with E-state index in [9.17, 15) is 23.9 Å². The van der Waals surface area contributed by atoms with Gasteiger partial charge < -0.3 is 26.0 Å². The van der Waals surface area contributed by atoms with E-state index < -0.39 is 18.7 Å². The van der Waals surface area contributed by atoms with Gasteiger partial charge in [-0.3, -0.25) is 18.9 Å². The standard InChI is InChI=1S/C29H40FN5O4/c30-12-10-22(31)18-4-6-19(7-5-18)28(37)35-15-11-25(34-13-2-1-3-14-34)26(35)27(36)32-21-8-9-23-20(16-21)17-24(33-23)29(38)39/h8-9,16-19,22,25-26,33H,1-7,10-15,31H2,(H,32,36)(H,38,39)/t18-,19-,22-,25-,26+/m1/s1. The predicted octanol–water partition coefficient (Wildman–Crippen LogP) is 3.75. The molecule has 3 heterocycles. The molecule has 1 aliphatic carbocycles. The Balaban J connectivity index is 1.32. The summed E-state index contributed by atoms with van der Waals surface area (Å²) in [5.74, 6) is -1.10. The topological polar surface area (TPSA) is 132 Å². The molecule has 5 rings (SSSR count). The summed E-state index contributed by atoms with van der Waals surface area (Å²) in [6.07, 6.45) is 7.57. The van der Waals surface area contributed by atoms with Gasteiger partial charge in [-0.25, -0.2) is 4.79 Å². The smallest absolute Gasteiger partial charge is 0.352 e. The zero-order chi connectivity index (χ0) is 27.5. The van der Waals surface area contributed by atoms with E-state index in [2.05, 4.69) is 15.2 Å². The van der Waals surface area contributed by atoms with Crippen LogP contribution in [0.4, 0.5) is 10.1 Å². The van der Waals surface area contributed by atoms with Crippen LogP contribution in [-0.4, -0.2) is 82.1 Å². The number of hydrogen-bond donors (Lipinski definition) is 4. The maximum absolute atomic E-state index is 13.8. The number of nitrogens with one attached hydrogen (secondary N) is 2. The SMILES string of the molecule is N[C@H](CCF)[C@H]1CC[C@H](C(=O)N2CC[C@@H](N3CCCCC3)[C@H]2C(=O)Nc2ccc3[nH]c(C(=O)O)cc3c2)CC1. The first-order valence-electron chi connectivity index (χ1n) is 14.4. The van der Waals surface area contributed by atoms with Crippen molar-refractivity contribution in [3.63, 3.8) is 0 Å². The van der Waals surface area contributed by atoms with Gasteiger partial charge in [0.2, 0.25) is 11.8 Å². The molecule has 3 atom stereocenters. The van der Waals surface area contributed by atoms with Crippen molar-refractivity contribution in [2.75, 3.05) is 31.6 Å². The zero-order valence-corrected chi connectivity index (χ0v) is 22.4. The number of carboxylic acid groups (broad SMARTS) is 1. The number of carboxylic acids is 1. The molecule has 0 radical (unpaired) electrons. The van der Waals surface area contributed by atoms with Crippen molar-refractivity contribution in [3.05, 3.63) is 30.0 Å². The van der Waals surface area contributed by atoms with Crippen molar-refractivity contribution in [3.8, 4) is 0 Å². The van der Waals surface area contributed by atoms with E-state index in [1.807, 2.05) is 0 Å². The third kappa shape index (κ3) is 5.96. The Bertz CT molecular complexity index is 1190. The lowest BCUT2D eigenvalue weighted by atomic mass is 9.77. The first kappa shape index (κ1) is 27.6. The zero-order valence-electron chi connectivity index (χ0n) is 22.4. The highest BCUT2D eigenvalue weighted by molar-refractivity contribution is 6.01. The number of carbonyl (C=O) groups excluding carboxylic acids is 2. The van der Waals surface area contributed by atoms with Crippen LogP contribution < -0.4 is 11.1 Å². The van der Waals surface area contributed by atoms with Crippen LogP contribution in [0.3, 0.4) is 0 Å². The first-order chi connectivity index (χ1) is 18.9. The number of H-pyrrole nitrogens is 1. The van der Waals surface area contributed by atoms with Gasteiger partial charge in [-0.1, -0.05) is 6.42 Å². The van der Waals surface area contributed by atoms with Crippen LogP contribution in [0.5, 0.6) is 0 Å². The predicted molar refractivity (Wildman–Crippen MR) is 147 cm³/mol. The number of aromatic nitrogens is 1. The summed E-state index contributed by atoms with van der Waals surface area (Å²) < 4.78 is 12.8. The molecule has 2 aliphatic heterocycles. The number of aromatic carboxylic acids is 1. The number of amides is 2. The van der Waals surface area contributed by atoms with Gasteiger partial charge in [0.15, 0.2) is 0 Å². The summed E-state index contributed by atoms with van der Waals surface area (Å²) in [6.45, 7) is 2.00. The fourth-order valence-electron chi connectivity index (χ4n) is 6.90. The van der Waals surface area contributed by atoms with Gasteiger partial charge in [0, 0.05) is 41.1 Å². The van der Waals surface area contributed by atoms with Crippen LogP contribution in [0.2, 0.25) is 0 Å². The van der Waals surface area contributed by atoms with Gasteiger partial charge in [-0.05, 0) is 94.6 Å². The Morgan fingerprint density at radius 2 is 1.79 bits per heavy atom. The minimum atomic E-state index is -1.04. The van der Waals surface area contributed by atoms with Crippen LogP contribution in [0.15, 0.2) is 24.3 Å². The molecule has 0 spiro atoms. The molecule has 3 aliphatic rings. The molecule has 0 bridgehead atoms. The van der Waals surface area contributed by atoms with Crippen LogP contribution in [0.1, 0.15) is 68.3 Å². The van der Waals surface area contributed by atoms with E-state index in [0.29, 0.717) is 29.6 Å². The Morgan fingerprint density at radius 1 is 1.05 bits per heavy atom. The Labute approximate surface area is 228 Å². The second-order valence-corrected chi connectivity index (χ2v) is 11.5. The van der Waals surface area contributed by atoms with Crippen LogP contribution in [-0.2, 0) is 9.59 Å². The number of likely N-dealkylation sites (tertiary alicyclic amines) is 2. The lowest BCUT2D eigenvalue weighted by Crippen LogP contribution is -2.55. The molecule has 2 amide bonds. The molecule has 0 unspecified atom stereocenters. The Morgan fingerprint density at radius 3 is 2.49 bits per heavy atom.